The van der Waals surface area contributed by atoms with Gasteiger partial charge in [0.15, 0.2) is 0 Å². The summed E-state index contributed by atoms with van der Waals surface area (Å²) in [5, 5.41) is 0. The Morgan fingerprint density at radius 1 is 0.732 bits per heavy atom. The van der Waals surface area contributed by atoms with Gasteiger partial charge < -0.3 is 19.3 Å². The lowest BCUT2D eigenvalue weighted by Gasteiger charge is -2.43. The van der Waals surface area contributed by atoms with Gasteiger partial charge in [-0.05, 0) is 89.2 Å². The van der Waals surface area contributed by atoms with E-state index in [1.165, 1.54) is 5.56 Å². The maximum atomic E-state index is 7.34. The van der Waals surface area contributed by atoms with Crippen molar-refractivity contribution in [2.75, 3.05) is 36.0 Å². The highest BCUT2D eigenvalue weighted by molar-refractivity contribution is 5.81. The summed E-state index contributed by atoms with van der Waals surface area (Å²) in [5.41, 5.74) is 8.32. The molecular weight excluding hydrogens is 508 g/mol. The van der Waals surface area contributed by atoms with Crippen LogP contribution in [0.3, 0.4) is 0 Å². The van der Waals surface area contributed by atoms with Gasteiger partial charge in [0.05, 0.1) is 5.56 Å². The highest BCUT2D eigenvalue weighted by Crippen LogP contribution is 2.58. The molecule has 1 unspecified atom stereocenters. The molecule has 5 aromatic rings. The number of hydrogen-bond acceptors (Lipinski definition) is 5. The average molecular weight is 545 g/mol. The second-order valence-corrected chi connectivity index (χ2v) is 10.8. The van der Waals surface area contributed by atoms with Crippen LogP contribution in [-0.4, -0.2) is 35.6 Å². The zero-order valence-electron chi connectivity index (χ0n) is 24.4. The number of anilines is 2. The fourth-order valence-corrected chi connectivity index (χ4v) is 6.62. The van der Waals surface area contributed by atoms with Crippen LogP contribution in [0.5, 0.6) is 17.2 Å². The molecule has 0 N–H and O–H groups in total. The summed E-state index contributed by atoms with van der Waals surface area (Å²) >= 11 is 0. The normalized spacial score (nSPS) is 16.3. The van der Waals surface area contributed by atoms with Crippen molar-refractivity contribution >= 4 is 17.0 Å². The van der Waals surface area contributed by atoms with E-state index in [-0.39, 0.29) is 0 Å². The van der Waals surface area contributed by atoms with E-state index in [0.717, 1.165) is 88.5 Å². The SMILES string of the molecule is CCN(CC)c1ccc2c(c1)Oc1ccc(N(CC)CC)cc1C21Oc2ccc(C)cc2-c2nc3ccccn3c21. The number of aromatic nitrogens is 2. The Morgan fingerprint density at radius 3 is 2.20 bits per heavy atom. The van der Waals surface area contributed by atoms with E-state index in [4.69, 9.17) is 14.5 Å². The maximum Gasteiger partial charge on any atom is 0.209 e. The lowest BCUT2D eigenvalue weighted by atomic mass is 9.77. The summed E-state index contributed by atoms with van der Waals surface area (Å²) in [7, 11) is 0. The molecule has 2 aliphatic rings. The molecule has 0 bridgehead atoms. The summed E-state index contributed by atoms with van der Waals surface area (Å²) in [4.78, 5) is 9.92. The number of aryl methyl sites for hydroxylation is 1. The Bertz CT molecular complexity index is 1780. The average Bonchev–Trinajstić information content (AvgIpc) is 3.40. The molecule has 0 aliphatic carbocycles. The van der Waals surface area contributed by atoms with Gasteiger partial charge in [-0.15, -0.1) is 0 Å². The Labute approximate surface area is 241 Å². The van der Waals surface area contributed by atoms with Crippen LogP contribution in [-0.2, 0) is 5.60 Å². The van der Waals surface area contributed by atoms with Crippen LogP contribution in [0.1, 0.15) is 50.1 Å². The van der Waals surface area contributed by atoms with Crippen LogP contribution in [0.4, 0.5) is 11.4 Å². The number of rotatable bonds is 6. The number of imidazole rings is 1. The van der Waals surface area contributed by atoms with Crippen molar-refractivity contribution in [2.45, 2.75) is 40.2 Å². The van der Waals surface area contributed by atoms with Crippen molar-refractivity contribution in [3.8, 4) is 28.5 Å². The van der Waals surface area contributed by atoms with Crippen LogP contribution in [0.15, 0.2) is 79.0 Å². The van der Waals surface area contributed by atoms with Crippen molar-refractivity contribution < 1.29 is 9.47 Å². The molecule has 1 atom stereocenters. The van der Waals surface area contributed by atoms with Gasteiger partial charge in [-0.1, -0.05) is 17.7 Å². The van der Waals surface area contributed by atoms with Gasteiger partial charge in [0, 0.05) is 60.9 Å². The molecule has 3 aromatic carbocycles. The van der Waals surface area contributed by atoms with Gasteiger partial charge in [0.25, 0.3) is 0 Å². The van der Waals surface area contributed by atoms with Gasteiger partial charge in [-0.3, -0.25) is 4.40 Å². The molecule has 2 aliphatic heterocycles. The number of pyridine rings is 1. The van der Waals surface area contributed by atoms with Crippen LogP contribution in [0.25, 0.3) is 16.9 Å². The molecule has 6 heteroatoms. The number of nitrogens with zero attached hydrogens (tertiary/aromatic N) is 4. The minimum absolute atomic E-state index is 0.803. The second-order valence-electron chi connectivity index (χ2n) is 10.8. The Kier molecular flexibility index (Phi) is 5.96. The minimum Gasteiger partial charge on any atom is -0.470 e. The van der Waals surface area contributed by atoms with Crippen molar-refractivity contribution in [3.05, 3.63) is 101 Å². The first kappa shape index (κ1) is 25.5. The largest absolute Gasteiger partial charge is 0.470 e. The van der Waals surface area contributed by atoms with E-state index < -0.39 is 5.60 Å². The predicted molar refractivity (Wildman–Crippen MR) is 166 cm³/mol. The molecule has 0 saturated carbocycles. The smallest absolute Gasteiger partial charge is 0.209 e. The number of hydrogen-bond donors (Lipinski definition) is 0. The van der Waals surface area contributed by atoms with E-state index in [9.17, 15) is 0 Å². The van der Waals surface area contributed by atoms with Crippen LogP contribution >= 0.6 is 0 Å². The van der Waals surface area contributed by atoms with Gasteiger partial charge in [-0.2, -0.15) is 0 Å². The molecule has 41 heavy (non-hydrogen) atoms. The third kappa shape index (κ3) is 3.66. The molecule has 0 saturated heterocycles. The summed E-state index contributed by atoms with van der Waals surface area (Å²) in [6.45, 7) is 14.5. The minimum atomic E-state index is -0.966. The van der Waals surface area contributed by atoms with Crippen LogP contribution < -0.4 is 19.3 Å². The lowest BCUT2D eigenvalue weighted by molar-refractivity contribution is 0.132. The summed E-state index contributed by atoms with van der Waals surface area (Å²) in [6.07, 6.45) is 2.10. The molecule has 4 heterocycles. The first-order valence-corrected chi connectivity index (χ1v) is 14.8. The van der Waals surface area contributed by atoms with E-state index in [2.05, 4.69) is 122 Å². The Balaban J connectivity index is 1.60. The topological polar surface area (TPSA) is 42.2 Å². The standard InChI is InChI=1S/C35H36N4O2/c1-6-37(7-2)24-15-18-30-28(21-24)35(27-16-14-25(22-31(27)40-30)38(8-3)9-4)34-33(36-32-12-10-11-19-39(32)34)26-20-23(5)13-17-29(26)41-35/h10-22H,6-9H2,1-5H3. The lowest BCUT2D eigenvalue weighted by Crippen LogP contribution is -2.42. The van der Waals surface area contributed by atoms with E-state index in [1.54, 1.807) is 0 Å². The Hall–Kier alpha value is -4.45. The quantitative estimate of drug-likeness (QED) is 0.218. The third-order valence-corrected chi connectivity index (χ3v) is 8.68. The molecule has 208 valence electrons. The fraction of sp³-hybridized carbons (Fsp3) is 0.286. The highest BCUT2D eigenvalue weighted by atomic mass is 16.5. The van der Waals surface area contributed by atoms with E-state index >= 15 is 0 Å². The van der Waals surface area contributed by atoms with Gasteiger partial charge in [0.2, 0.25) is 5.60 Å². The predicted octanol–water partition coefficient (Wildman–Crippen LogP) is 7.79. The zero-order valence-corrected chi connectivity index (χ0v) is 24.4. The number of ether oxygens (including phenoxy) is 2. The second kappa shape index (κ2) is 9.58. The molecular formula is C35H36N4O2. The molecule has 0 amide bonds. The van der Waals surface area contributed by atoms with Gasteiger partial charge in [0.1, 0.15) is 34.3 Å². The molecule has 7 rings (SSSR count). The molecule has 0 fully saturated rings. The van der Waals surface area contributed by atoms with Crippen molar-refractivity contribution in [1.29, 1.82) is 0 Å². The highest BCUT2D eigenvalue weighted by Gasteiger charge is 2.53. The third-order valence-electron chi connectivity index (χ3n) is 8.68. The molecule has 0 radical (unpaired) electrons. The first-order chi connectivity index (χ1) is 20.0. The van der Waals surface area contributed by atoms with Crippen molar-refractivity contribution in [1.82, 2.24) is 9.38 Å². The summed E-state index contributed by atoms with van der Waals surface area (Å²) in [5.74, 6) is 2.44. The van der Waals surface area contributed by atoms with Gasteiger partial charge >= 0.3 is 0 Å². The van der Waals surface area contributed by atoms with Gasteiger partial charge in [-0.25, -0.2) is 4.98 Å². The molecule has 6 nitrogen and oxygen atoms in total. The molecule has 2 aromatic heterocycles. The number of fused-ring (bicyclic) bond motifs is 10. The van der Waals surface area contributed by atoms with E-state index in [1.807, 2.05) is 6.07 Å². The summed E-state index contributed by atoms with van der Waals surface area (Å²) < 4.78 is 16.3. The van der Waals surface area contributed by atoms with E-state index in [0.29, 0.717) is 0 Å². The van der Waals surface area contributed by atoms with Crippen LogP contribution in [0.2, 0.25) is 0 Å². The number of benzene rings is 3. The monoisotopic (exact) mass is 544 g/mol. The molecule has 1 spiro atoms. The Morgan fingerprint density at radius 2 is 1.44 bits per heavy atom. The maximum absolute atomic E-state index is 7.34. The summed E-state index contributed by atoms with van der Waals surface area (Å²) in [6, 6.07) is 25.7. The zero-order chi connectivity index (χ0) is 28.3. The van der Waals surface area contributed by atoms with Crippen LogP contribution in [0, 0.1) is 6.92 Å². The fourth-order valence-electron chi connectivity index (χ4n) is 6.62. The van der Waals surface area contributed by atoms with Crippen molar-refractivity contribution in [2.24, 2.45) is 0 Å². The van der Waals surface area contributed by atoms with Crippen molar-refractivity contribution in [3.63, 3.8) is 0 Å². The first-order valence-electron chi connectivity index (χ1n) is 14.8.